The Hall–Kier alpha value is -2.64. The number of amides is 3. The summed E-state index contributed by atoms with van der Waals surface area (Å²) in [7, 11) is 0. The molecule has 2 saturated heterocycles. The van der Waals surface area contributed by atoms with Gasteiger partial charge >= 0.3 is 0 Å². The predicted octanol–water partition coefficient (Wildman–Crippen LogP) is 3.97. The second kappa shape index (κ2) is 10.1. The molecule has 0 N–H and O–H groups in total. The molecule has 2 heterocycles. The number of halogens is 3. The lowest BCUT2D eigenvalue weighted by molar-refractivity contribution is -0.138. The smallest absolute Gasteiger partial charge is 0.255 e. The minimum Gasteiger partial charge on any atom is -0.339 e. The predicted molar refractivity (Wildman–Crippen MR) is 124 cm³/mol. The number of carbonyl (C=O) groups is 3. The third-order valence-corrected chi connectivity index (χ3v) is 6.75. The summed E-state index contributed by atoms with van der Waals surface area (Å²) in [5.74, 6) is -1.12. The van der Waals surface area contributed by atoms with Crippen LogP contribution < -0.4 is 0 Å². The van der Waals surface area contributed by atoms with E-state index in [2.05, 4.69) is 0 Å². The van der Waals surface area contributed by atoms with E-state index in [1.807, 2.05) is 0 Å². The minimum atomic E-state index is -0.497. The number of carbonyl (C=O) groups excluding carboxylic acids is 3. The van der Waals surface area contributed by atoms with Crippen molar-refractivity contribution in [3.8, 4) is 0 Å². The van der Waals surface area contributed by atoms with Crippen molar-refractivity contribution >= 4 is 40.9 Å². The van der Waals surface area contributed by atoms with Crippen LogP contribution in [0.2, 0.25) is 10.0 Å². The van der Waals surface area contributed by atoms with Crippen molar-refractivity contribution in [2.75, 3.05) is 39.3 Å². The van der Waals surface area contributed by atoms with Crippen LogP contribution in [0.4, 0.5) is 4.39 Å². The van der Waals surface area contributed by atoms with Crippen molar-refractivity contribution in [1.29, 1.82) is 0 Å². The topological polar surface area (TPSA) is 60.9 Å². The van der Waals surface area contributed by atoms with Gasteiger partial charge in [0.25, 0.3) is 11.8 Å². The average Bonchev–Trinajstić information content (AvgIpc) is 2.83. The van der Waals surface area contributed by atoms with E-state index in [1.54, 1.807) is 39.0 Å². The zero-order chi connectivity index (χ0) is 23.5. The van der Waals surface area contributed by atoms with Gasteiger partial charge in [0.2, 0.25) is 5.91 Å². The summed E-state index contributed by atoms with van der Waals surface area (Å²) in [6, 6.07) is 10.5. The Morgan fingerprint density at radius 2 is 1.48 bits per heavy atom. The van der Waals surface area contributed by atoms with Crippen LogP contribution in [0.1, 0.15) is 33.6 Å². The van der Waals surface area contributed by atoms with Crippen molar-refractivity contribution in [3.05, 3.63) is 69.5 Å². The first-order chi connectivity index (χ1) is 15.8. The highest BCUT2D eigenvalue weighted by Crippen LogP contribution is 2.23. The number of likely N-dealkylation sites (tertiary alicyclic amines) is 1. The van der Waals surface area contributed by atoms with Gasteiger partial charge in [-0.25, -0.2) is 4.39 Å². The lowest BCUT2D eigenvalue weighted by atomic mass is 9.95. The first-order valence-corrected chi connectivity index (χ1v) is 11.7. The van der Waals surface area contributed by atoms with Crippen LogP contribution in [0.3, 0.4) is 0 Å². The Balaban J connectivity index is 1.34. The number of rotatable bonds is 3. The van der Waals surface area contributed by atoms with Gasteiger partial charge in [0.05, 0.1) is 16.5 Å². The second-order valence-corrected chi connectivity index (χ2v) is 9.18. The number of piperazine rings is 1. The molecule has 0 bridgehead atoms. The minimum absolute atomic E-state index is 0.00974. The molecule has 2 aliphatic rings. The van der Waals surface area contributed by atoms with Crippen LogP contribution >= 0.6 is 23.2 Å². The molecule has 0 radical (unpaired) electrons. The van der Waals surface area contributed by atoms with Crippen LogP contribution in [0.25, 0.3) is 0 Å². The maximum Gasteiger partial charge on any atom is 0.255 e. The van der Waals surface area contributed by atoms with Gasteiger partial charge in [-0.05, 0) is 55.3 Å². The molecular formula is C24H24Cl2FN3O3. The number of piperidine rings is 1. The third kappa shape index (κ3) is 5.31. The normalized spacial score (nSPS) is 18.9. The van der Waals surface area contributed by atoms with Crippen molar-refractivity contribution in [1.82, 2.24) is 14.7 Å². The van der Waals surface area contributed by atoms with E-state index >= 15 is 0 Å². The summed E-state index contributed by atoms with van der Waals surface area (Å²) < 4.78 is 13.3. The molecule has 3 amide bonds. The highest BCUT2D eigenvalue weighted by molar-refractivity contribution is 6.33. The molecule has 4 rings (SSSR count). The van der Waals surface area contributed by atoms with Gasteiger partial charge < -0.3 is 14.7 Å². The Kier molecular flexibility index (Phi) is 7.20. The second-order valence-electron chi connectivity index (χ2n) is 8.34. The zero-order valence-electron chi connectivity index (χ0n) is 18.0. The van der Waals surface area contributed by atoms with Gasteiger partial charge in [0.15, 0.2) is 0 Å². The largest absolute Gasteiger partial charge is 0.339 e. The fraction of sp³-hybridized carbons (Fsp3) is 0.375. The number of benzene rings is 2. The fourth-order valence-corrected chi connectivity index (χ4v) is 4.73. The van der Waals surface area contributed by atoms with Crippen molar-refractivity contribution in [3.63, 3.8) is 0 Å². The molecule has 0 spiro atoms. The summed E-state index contributed by atoms with van der Waals surface area (Å²) in [5.41, 5.74) is 0.806. The van der Waals surface area contributed by atoms with Gasteiger partial charge in [-0.2, -0.15) is 0 Å². The Morgan fingerprint density at radius 1 is 0.818 bits per heavy atom. The summed E-state index contributed by atoms with van der Waals surface area (Å²) >= 11 is 11.9. The number of nitrogens with zero attached hydrogens (tertiary/aromatic N) is 3. The van der Waals surface area contributed by atoms with Crippen LogP contribution in [-0.2, 0) is 4.79 Å². The summed E-state index contributed by atoms with van der Waals surface area (Å²) in [6.07, 6.45) is 1.49. The molecule has 9 heteroatoms. The molecule has 1 atom stereocenters. The first kappa shape index (κ1) is 23.5. The summed E-state index contributed by atoms with van der Waals surface area (Å²) in [5, 5.41) is 0.642. The monoisotopic (exact) mass is 491 g/mol. The lowest BCUT2D eigenvalue weighted by Crippen LogP contribution is -2.54. The van der Waals surface area contributed by atoms with Crippen molar-refractivity contribution in [2.45, 2.75) is 12.8 Å². The van der Waals surface area contributed by atoms with E-state index < -0.39 is 5.82 Å². The van der Waals surface area contributed by atoms with Gasteiger partial charge in [-0.1, -0.05) is 23.2 Å². The van der Waals surface area contributed by atoms with E-state index in [9.17, 15) is 18.8 Å². The molecule has 0 saturated carbocycles. The molecule has 1 unspecified atom stereocenters. The molecule has 2 aromatic carbocycles. The molecule has 2 aromatic rings. The average molecular weight is 492 g/mol. The molecule has 2 aliphatic heterocycles. The SMILES string of the molecule is O=C(c1ccc(Cl)cc1)N1CCCC(C(=O)N2CCN(C(=O)c3ccc(F)cc3Cl)CC2)C1. The first-order valence-electron chi connectivity index (χ1n) is 10.9. The van der Waals surface area contributed by atoms with Gasteiger partial charge in [0.1, 0.15) is 5.82 Å². The van der Waals surface area contributed by atoms with Crippen LogP contribution in [0.5, 0.6) is 0 Å². The highest BCUT2D eigenvalue weighted by atomic mass is 35.5. The van der Waals surface area contributed by atoms with E-state index in [0.717, 1.165) is 18.9 Å². The molecular weight excluding hydrogens is 468 g/mol. The molecule has 2 fully saturated rings. The van der Waals surface area contributed by atoms with Crippen LogP contribution in [0.15, 0.2) is 42.5 Å². The molecule has 174 valence electrons. The summed E-state index contributed by atoms with van der Waals surface area (Å²) in [6.45, 7) is 2.56. The van der Waals surface area contributed by atoms with E-state index in [0.29, 0.717) is 49.9 Å². The van der Waals surface area contributed by atoms with Crippen molar-refractivity contribution in [2.24, 2.45) is 5.92 Å². The molecule has 33 heavy (non-hydrogen) atoms. The standard InChI is InChI=1S/C24H24Cl2FN3O3/c25-18-5-3-16(4-6-18)22(31)30-9-1-2-17(15-30)23(32)28-10-12-29(13-11-28)24(33)20-8-7-19(27)14-21(20)26/h3-8,14,17H,1-2,9-13,15H2. The van der Waals surface area contributed by atoms with Gasteiger partial charge in [0, 0.05) is 49.9 Å². The van der Waals surface area contributed by atoms with Crippen molar-refractivity contribution < 1.29 is 18.8 Å². The van der Waals surface area contributed by atoms with Gasteiger partial charge in [-0.15, -0.1) is 0 Å². The zero-order valence-corrected chi connectivity index (χ0v) is 19.5. The summed E-state index contributed by atoms with van der Waals surface area (Å²) in [4.78, 5) is 43.8. The van der Waals surface area contributed by atoms with E-state index in [1.165, 1.54) is 12.1 Å². The Labute approximate surface area is 201 Å². The van der Waals surface area contributed by atoms with Gasteiger partial charge in [-0.3, -0.25) is 14.4 Å². The lowest BCUT2D eigenvalue weighted by Gasteiger charge is -2.39. The Bertz CT molecular complexity index is 1060. The van der Waals surface area contributed by atoms with E-state index in [-0.39, 0.29) is 34.2 Å². The maximum atomic E-state index is 13.3. The molecule has 6 nitrogen and oxygen atoms in total. The molecule has 0 aromatic heterocycles. The number of hydrogen-bond acceptors (Lipinski definition) is 3. The number of hydrogen-bond donors (Lipinski definition) is 0. The van der Waals surface area contributed by atoms with Crippen LogP contribution in [-0.4, -0.2) is 71.7 Å². The Morgan fingerprint density at radius 3 is 2.15 bits per heavy atom. The quantitative estimate of drug-likeness (QED) is 0.652. The van der Waals surface area contributed by atoms with Crippen LogP contribution in [0, 0.1) is 11.7 Å². The highest BCUT2D eigenvalue weighted by Gasteiger charge is 2.33. The third-order valence-electron chi connectivity index (χ3n) is 6.19. The van der Waals surface area contributed by atoms with E-state index in [4.69, 9.17) is 23.2 Å². The molecule has 0 aliphatic carbocycles. The maximum absolute atomic E-state index is 13.3. The fourth-order valence-electron chi connectivity index (χ4n) is 4.36.